The van der Waals surface area contributed by atoms with Crippen LogP contribution in [0.15, 0.2) is 199 Å². The smallest absolute Gasteiger partial charge is 0.421 e. The van der Waals surface area contributed by atoms with Crippen LogP contribution in [0.2, 0.25) is 0 Å². The molecule has 36 nitrogen and oxygen atoms in total. The Balaban J connectivity index is 0.000000238. The molecule has 1 radical (unpaired) electrons. The largest absolute Gasteiger partial charge is 0.508 e. The summed E-state index contributed by atoms with van der Waals surface area (Å²) in [7, 11) is 3.89. The molecule has 457 valence electrons. The van der Waals surface area contributed by atoms with E-state index in [2.05, 4.69) is 71.5 Å². The zero-order chi connectivity index (χ0) is 62.3. The molecule has 41 heteroatoms. The number of phenols is 2. The second-order valence-electron chi connectivity index (χ2n) is 15.8. The van der Waals surface area contributed by atoms with E-state index in [1.54, 1.807) is 0 Å². The number of aromatic nitrogens is 6. The van der Waals surface area contributed by atoms with Crippen LogP contribution < -0.4 is 40.7 Å². The molecular formula is C47H40CoN21O15S4-. The summed E-state index contributed by atoms with van der Waals surface area (Å²) in [4.78, 5) is 75.6. The first kappa shape index (κ1) is 69.2. The van der Waals surface area contributed by atoms with E-state index in [1.165, 1.54) is 36.4 Å². The Kier molecular flexibility index (Phi) is 26.6. The fourth-order valence-electron chi connectivity index (χ4n) is 5.77. The zero-order valence-corrected chi connectivity index (χ0v) is 48.6. The topological polar surface area (TPSA) is 531 Å². The number of aryl methyl sites for hydroxylation is 2. The van der Waals surface area contributed by atoms with Gasteiger partial charge >= 0.3 is 26.0 Å². The molecule has 5 heterocycles. The molecule has 5 aromatic heterocycles. The molecule has 88 heavy (non-hydrogen) atoms. The Labute approximate surface area is 516 Å². The summed E-state index contributed by atoms with van der Waals surface area (Å²) in [5, 5.41) is 112. The van der Waals surface area contributed by atoms with Gasteiger partial charge < -0.3 is 51.4 Å². The summed E-state index contributed by atoms with van der Waals surface area (Å²) in [5.41, 5.74) is 5.42. The molecule has 0 spiro atoms. The van der Waals surface area contributed by atoms with Crippen LogP contribution in [0.25, 0.3) is 0 Å². The summed E-state index contributed by atoms with van der Waals surface area (Å²) in [5.74, 6) is 4.07. The number of imidazole rings is 1. The average Bonchev–Trinajstić information content (AvgIpc) is 4.07. The number of rotatable bonds is 13. The quantitative estimate of drug-likeness (QED) is 0.0149. The van der Waals surface area contributed by atoms with E-state index in [1.807, 2.05) is 90.2 Å². The predicted octanol–water partition coefficient (Wildman–Crippen LogP) is 7.30. The minimum atomic E-state index is -0.583. The van der Waals surface area contributed by atoms with Crippen LogP contribution in [0.4, 0.5) is 59.0 Å². The van der Waals surface area contributed by atoms with Crippen LogP contribution in [0.1, 0.15) is 0 Å². The number of para-hydroxylation sites is 1. The zero-order valence-electron chi connectivity index (χ0n) is 44.3. The van der Waals surface area contributed by atoms with Crippen molar-refractivity contribution in [3.05, 3.63) is 208 Å². The van der Waals surface area contributed by atoms with Gasteiger partial charge in [0.05, 0.1) is 46.2 Å². The van der Waals surface area contributed by atoms with Gasteiger partial charge in [-0.2, -0.15) is 0 Å². The van der Waals surface area contributed by atoms with Crippen LogP contribution in [-0.4, -0.2) is 83.1 Å². The van der Waals surface area contributed by atoms with E-state index in [0.717, 1.165) is 111 Å². The van der Waals surface area contributed by atoms with Gasteiger partial charge in [-0.3, -0.25) is 65.7 Å². The van der Waals surface area contributed by atoms with Crippen molar-refractivity contribution in [2.75, 3.05) is 10.7 Å². The van der Waals surface area contributed by atoms with Crippen molar-refractivity contribution in [3.63, 3.8) is 0 Å². The average molecular weight is 1330 g/mol. The molecule has 0 fully saturated rings. The van der Waals surface area contributed by atoms with Gasteiger partial charge in [0.2, 0.25) is 10.3 Å². The Morgan fingerprint density at radius 3 is 1.60 bits per heavy atom. The number of carbonyl (C=O) groups excluding carboxylic acids is 2. The molecule has 2 aliphatic carbocycles. The van der Waals surface area contributed by atoms with E-state index in [9.17, 15) is 65.4 Å². The molecule has 8 aromatic rings. The Bertz CT molecular complexity index is 4060. The number of anilines is 3. The number of aliphatic hydroxyl groups excluding tert-OH is 2. The summed E-state index contributed by atoms with van der Waals surface area (Å²) >= 11 is 3.17. The molecule has 0 aliphatic heterocycles. The maximum atomic E-state index is 10.9. The number of nitrogens with one attached hydrogen (secondary N) is 2. The van der Waals surface area contributed by atoms with Crippen LogP contribution in [0.5, 0.6) is 11.5 Å². The number of nitrogens with two attached hydrogens (primary N) is 1. The third kappa shape index (κ3) is 21.7. The van der Waals surface area contributed by atoms with Gasteiger partial charge in [-0.05, 0) is 95.5 Å². The van der Waals surface area contributed by atoms with Gasteiger partial charge in [0.1, 0.15) is 58.2 Å². The van der Waals surface area contributed by atoms with E-state index >= 15 is 0 Å². The number of aromatic hydroxyl groups is 2. The first-order valence-electron chi connectivity index (χ1n) is 23.1. The van der Waals surface area contributed by atoms with Crippen molar-refractivity contribution in [1.29, 1.82) is 0 Å². The Morgan fingerprint density at radius 1 is 0.636 bits per heavy atom. The van der Waals surface area contributed by atoms with Gasteiger partial charge in [-0.25, -0.2) is 24.9 Å². The van der Waals surface area contributed by atoms with Crippen molar-refractivity contribution in [2.45, 2.75) is 0 Å². The number of benzene rings is 3. The van der Waals surface area contributed by atoms with Crippen molar-refractivity contribution < 1.29 is 76.5 Å². The predicted molar refractivity (Wildman–Crippen MR) is 314 cm³/mol. The van der Waals surface area contributed by atoms with Crippen molar-refractivity contribution in [3.8, 4) is 11.5 Å². The molecule has 0 saturated carbocycles. The van der Waals surface area contributed by atoms with E-state index in [-0.39, 0.29) is 109 Å². The number of nitrogen functional groups attached to an aromatic ring is 1. The summed E-state index contributed by atoms with van der Waals surface area (Å²) < 4.78 is 3.85. The fourth-order valence-corrected chi connectivity index (χ4v) is 7.97. The summed E-state index contributed by atoms with van der Waals surface area (Å²) in [6.07, 6.45) is 15.3. The van der Waals surface area contributed by atoms with Crippen LogP contribution >= 0.6 is 45.3 Å². The number of nitrogens with zero attached hydrogens (tertiary/aromatic N) is 18. The number of hydrogen-bond donors (Lipinski definition) is 7. The summed E-state index contributed by atoms with van der Waals surface area (Å²) in [6.45, 7) is 0. The first-order chi connectivity index (χ1) is 41.1. The third-order valence-corrected chi connectivity index (χ3v) is 13.1. The standard InChI is InChI=1S/C17H17N5.3C9H6N4O4S.C3H4N4O2S.Co.H2O/c1-21-12-13-22(2)17(21)20-19-16-10-8-15(9-11-16)18-14-6-4-3-5-7-14;3*14-5-1-2-6(7(15)3-5)11-12-9-10-4-8(18-9)13(16)17;4-6-3-5-1-2(10-3)7(8)9;;/h3-13H,1-2H3;2*1-4H,(H2,10,12,14,15);1-4,14-15H;1H,4H2,(H,5,6);;1H2/p-1. The molecule has 0 amide bonds. The molecule has 0 saturated heterocycles. The number of carbonyl (C=O) groups is 2. The second kappa shape index (κ2) is 33.8. The van der Waals surface area contributed by atoms with Crippen molar-refractivity contribution >= 4 is 127 Å². The number of hydrazine groups is 1. The molecule has 0 bridgehead atoms. The number of azo groups is 2. The van der Waals surface area contributed by atoms with Crippen LogP contribution in [-0.2, 0) is 40.5 Å². The van der Waals surface area contributed by atoms with Gasteiger partial charge in [-0.1, -0.05) is 46.0 Å². The van der Waals surface area contributed by atoms with E-state index in [4.69, 9.17) is 10.9 Å². The number of ketones is 2. The van der Waals surface area contributed by atoms with E-state index < -0.39 is 19.7 Å². The molecule has 2 aliphatic rings. The molecule has 10 N–H and O–H groups in total. The Hall–Kier alpha value is -11.3. The van der Waals surface area contributed by atoms with E-state index in [0.29, 0.717) is 5.13 Å². The monoisotopic (exact) mass is 1330 g/mol. The minimum absolute atomic E-state index is 0. The number of allylic oxidation sites excluding steroid dienone is 6. The van der Waals surface area contributed by atoms with Gasteiger partial charge in [0, 0.05) is 73.5 Å². The molecular weight excluding hydrogens is 1290 g/mol. The Morgan fingerprint density at radius 2 is 1.16 bits per heavy atom. The van der Waals surface area contributed by atoms with Crippen molar-refractivity contribution in [1.82, 2.24) is 24.5 Å². The maximum Gasteiger partial charge on any atom is 0.421 e. The van der Waals surface area contributed by atoms with Gasteiger partial charge in [0.25, 0.3) is 0 Å². The van der Waals surface area contributed by atoms with Crippen LogP contribution in [0, 0.1) is 40.5 Å². The van der Waals surface area contributed by atoms with Crippen molar-refractivity contribution in [2.24, 2.45) is 60.8 Å². The maximum absolute atomic E-state index is 10.9. The first-order valence-corrected chi connectivity index (χ1v) is 26.4. The molecule has 3 aromatic carbocycles. The molecule has 0 unspecified atom stereocenters. The SMILES string of the molecule is Cn1cc[n+](C)c1N=Nc1ccc(Nc2ccccc2)cc1.NNc1ncc([N+](=O)[O-])s1.O.O=C1C=CC(=NN=c2[n-]cc([N+](=O)[O-])s2)C(O)=C1.O=C1C=CC(=NN=c2[n-]cc([N+](=O)[O-])s2)C(O)=C1.O=[N+]([O-])c1cnc(N=Nc2ccc(O)cc2O)s1.[Co]. The number of hydrogen-bond acceptors (Lipinski definition) is 31. The number of thiazole rings is 4. The minimum Gasteiger partial charge on any atom is -0.508 e. The number of aliphatic hydroxyl groups is 2. The van der Waals surface area contributed by atoms with Gasteiger partial charge in [0.15, 0.2) is 11.6 Å². The van der Waals surface area contributed by atoms with Crippen LogP contribution in [0.3, 0.4) is 0 Å². The van der Waals surface area contributed by atoms with Gasteiger partial charge in [-0.15, -0.1) is 10.2 Å². The second-order valence-corrected chi connectivity index (χ2v) is 19.7. The fraction of sp³-hybridized carbons (Fsp3) is 0.0426. The third-order valence-electron chi connectivity index (χ3n) is 9.69. The number of nitro groups is 4. The summed E-state index contributed by atoms with van der Waals surface area (Å²) in [6, 6.07) is 21.7. The number of phenolic OH excluding ortho intramolecular Hbond substituents is 2. The molecule has 10 rings (SSSR count). The normalized spacial score (nSPS) is 13.5. The molecule has 0 atom stereocenters.